The molecule has 0 saturated carbocycles. The summed E-state index contributed by atoms with van der Waals surface area (Å²) in [6, 6.07) is 8.99. The van der Waals surface area contributed by atoms with Crippen LogP contribution in [0.1, 0.15) is 11.1 Å². The van der Waals surface area contributed by atoms with Gasteiger partial charge in [0.2, 0.25) is 0 Å². The molecule has 1 unspecified atom stereocenters. The fourth-order valence-corrected chi connectivity index (χ4v) is 1.95. The van der Waals surface area contributed by atoms with Crippen molar-refractivity contribution in [1.82, 2.24) is 0 Å². The fourth-order valence-electron chi connectivity index (χ4n) is 1.04. The Morgan fingerprint density at radius 1 is 1.36 bits per heavy atom. The van der Waals surface area contributed by atoms with Gasteiger partial charge < -0.3 is 5.11 Å². The van der Waals surface area contributed by atoms with Crippen molar-refractivity contribution in [3.63, 3.8) is 0 Å². The molecule has 0 aliphatic heterocycles. The van der Waals surface area contributed by atoms with Crippen LogP contribution in [-0.2, 0) is 16.6 Å². The summed E-state index contributed by atoms with van der Waals surface area (Å²) < 4.78 is 11.3. The van der Waals surface area contributed by atoms with E-state index in [0.717, 1.165) is 5.56 Å². The van der Waals surface area contributed by atoms with Crippen LogP contribution in [0.25, 0.3) is 0 Å². The molecule has 0 aliphatic rings. The highest BCUT2D eigenvalue weighted by molar-refractivity contribution is 7.84. The van der Waals surface area contributed by atoms with Gasteiger partial charge >= 0.3 is 0 Å². The third-order valence-electron chi connectivity index (χ3n) is 1.73. The quantitative estimate of drug-likeness (QED) is 0.797. The lowest BCUT2D eigenvalue weighted by Gasteiger charge is -2.00. The molecule has 14 heavy (non-hydrogen) atoms. The van der Waals surface area contributed by atoms with Crippen molar-refractivity contribution < 1.29 is 9.32 Å². The number of hydrogen-bond donors (Lipinski definition) is 1. The second kappa shape index (κ2) is 5.53. The molecule has 0 heterocycles. The van der Waals surface area contributed by atoms with Crippen LogP contribution in [-0.4, -0.2) is 21.7 Å². The van der Waals surface area contributed by atoms with E-state index in [1.54, 1.807) is 24.3 Å². The van der Waals surface area contributed by atoms with Crippen molar-refractivity contribution in [3.8, 4) is 6.07 Å². The number of aliphatic hydroxyl groups is 1. The Morgan fingerprint density at radius 3 is 2.50 bits per heavy atom. The molecule has 1 rings (SSSR count). The number of rotatable bonds is 4. The van der Waals surface area contributed by atoms with Crippen molar-refractivity contribution in [2.24, 2.45) is 0 Å². The summed E-state index contributed by atoms with van der Waals surface area (Å²) in [5.41, 5.74) is 1.53. The van der Waals surface area contributed by atoms with Crippen LogP contribution in [0, 0.1) is 11.3 Å². The van der Waals surface area contributed by atoms with Crippen LogP contribution >= 0.6 is 0 Å². The van der Waals surface area contributed by atoms with E-state index in [-0.39, 0.29) is 6.61 Å². The highest BCUT2D eigenvalue weighted by Crippen LogP contribution is 2.06. The van der Waals surface area contributed by atoms with Gasteiger partial charge in [0.1, 0.15) is 0 Å². The second-order valence-corrected chi connectivity index (χ2v) is 4.40. The Bertz CT molecular complexity index is 353. The summed E-state index contributed by atoms with van der Waals surface area (Å²) in [5, 5.41) is 17.1. The van der Waals surface area contributed by atoms with Crippen LogP contribution in [0.15, 0.2) is 24.3 Å². The standard InChI is InChI=1S/C10H11NO2S/c11-7-9-1-3-10(4-2-9)8-14(13)6-5-12/h1-4,12H,5-6,8H2. The molecule has 0 aliphatic carbocycles. The largest absolute Gasteiger partial charge is 0.395 e. The highest BCUT2D eigenvalue weighted by Gasteiger charge is 2.00. The molecule has 0 aromatic heterocycles. The first kappa shape index (κ1) is 10.9. The van der Waals surface area contributed by atoms with Crippen LogP contribution in [0.2, 0.25) is 0 Å². The third kappa shape index (κ3) is 3.29. The van der Waals surface area contributed by atoms with Gasteiger partial charge in [-0.3, -0.25) is 4.21 Å². The lowest BCUT2D eigenvalue weighted by molar-refractivity contribution is 0.321. The molecule has 3 nitrogen and oxygen atoms in total. The highest BCUT2D eigenvalue weighted by atomic mass is 32.2. The molecule has 0 spiro atoms. The average Bonchev–Trinajstić information content (AvgIpc) is 2.19. The SMILES string of the molecule is N#Cc1ccc(CS(=O)CCO)cc1. The number of aliphatic hydroxyl groups excluding tert-OH is 1. The summed E-state index contributed by atoms with van der Waals surface area (Å²) in [4.78, 5) is 0. The average molecular weight is 209 g/mol. The van der Waals surface area contributed by atoms with E-state index in [9.17, 15) is 4.21 Å². The molecule has 1 aromatic carbocycles. The van der Waals surface area contributed by atoms with Gasteiger partial charge in [-0.05, 0) is 17.7 Å². The van der Waals surface area contributed by atoms with E-state index in [1.807, 2.05) is 6.07 Å². The minimum absolute atomic E-state index is 0.0527. The Morgan fingerprint density at radius 2 is 2.00 bits per heavy atom. The van der Waals surface area contributed by atoms with Gasteiger partial charge in [-0.1, -0.05) is 12.1 Å². The molecule has 0 bridgehead atoms. The molecule has 1 aromatic rings. The fraction of sp³-hybridized carbons (Fsp3) is 0.300. The van der Waals surface area contributed by atoms with Crippen LogP contribution in [0.4, 0.5) is 0 Å². The van der Waals surface area contributed by atoms with Gasteiger partial charge in [0, 0.05) is 22.3 Å². The van der Waals surface area contributed by atoms with Gasteiger partial charge in [-0.2, -0.15) is 5.26 Å². The van der Waals surface area contributed by atoms with Crippen LogP contribution in [0.3, 0.4) is 0 Å². The van der Waals surface area contributed by atoms with Crippen molar-refractivity contribution >= 4 is 10.8 Å². The van der Waals surface area contributed by atoms with Crippen molar-refractivity contribution in [1.29, 1.82) is 5.26 Å². The van der Waals surface area contributed by atoms with Gasteiger partial charge in [0.15, 0.2) is 0 Å². The van der Waals surface area contributed by atoms with Gasteiger partial charge in [-0.15, -0.1) is 0 Å². The zero-order valence-corrected chi connectivity index (χ0v) is 8.46. The van der Waals surface area contributed by atoms with Crippen molar-refractivity contribution in [2.75, 3.05) is 12.4 Å². The first-order chi connectivity index (χ1) is 6.76. The van der Waals surface area contributed by atoms with E-state index in [1.165, 1.54) is 0 Å². The normalized spacial score (nSPS) is 12.0. The number of benzene rings is 1. The maximum absolute atomic E-state index is 11.3. The monoisotopic (exact) mass is 209 g/mol. The van der Waals surface area contributed by atoms with Crippen molar-refractivity contribution in [3.05, 3.63) is 35.4 Å². The Balaban J connectivity index is 2.61. The minimum atomic E-state index is -1.01. The maximum atomic E-state index is 11.3. The zero-order chi connectivity index (χ0) is 10.4. The summed E-state index contributed by atoms with van der Waals surface area (Å²) in [5.74, 6) is 0.742. The van der Waals surface area contributed by atoms with Crippen LogP contribution in [0.5, 0.6) is 0 Å². The third-order valence-corrected chi connectivity index (χ3v) is 3.02. The minimum Gasteiger partial charge on any atom is -0.395 e. The molecule has 0 amide bonds. The second-order valence-electron chi connectivity index (χ2n) is 2.82. The van der Waals surface area contributed by atoms with E-state index in [4.69, 9.17) is 10.4 Å². The number of hydrogen-bond acceptors (Lipinski definition) is 3. The first-order valence-electron chi connectivity index (χ1n) is 4.21. The summed E-state index contributed by atoms with van der Waals surface area (Å²) in [6.45, 7) is -0.0527. The molecule has 0 radical (unpaired) electrons. The van der Waals surface area contributed by atoms with E-state index in [0.29, 0.717) is 17.1 Å². The van der Waals surface area contributed by atoms with Crippen molar-refractivity contribution in [2.45, 2.75) is 5.75 Å². The van der Waals surface area contributed by atoms with E-state index < -0.39 is 10.8 Å². The molecule has 0 saturated heterocycles. The molecular formula is C10H11NO2S. The topological polar surface area (TPSA) is 61.1 Å². The molecule has 1 N–H and O–H groups in total. The Kier molecular flexibility index (Phi) is 4.30. The lowest BCUT2D eigenvalue weighted by atomic mass is 10.2. The Labute approximate surface area is 85.5 Å². The predicted molar refractivity (Wildman–Crippen MR) is 55.0 cm³/mol. The van der Waals surface area contributed by atoms with Crippen LogP contribution < -0.4 is 0 Å². The summed E-state index contributed by atoms with van der Waals surface area (Å²) >= 11 is 0. The number of nitriles is 1. The molecule has 4 heteroatoms. The molecule has 0 fully saturated rings. The first-order valence-corrected chi connectivity index (χ1v) is 5.70. The van der Waals surface area contributed by atoms with Gasteiger partial charge in [-0.25, -0.2) is 0 Å². The van der Waals surface area contributed by atoms with Gasteiger partial charge in [0.25, 0.3) is 0 Å². The van der Waals surface area contributed by atoms with E-state index >= 15 is 0 Å². The van der Waals surface area contributed by atoms with Gasteiger partial charge in [0.05, 0.1) is 18.2 Å². The zero-order valence-electron chi connectivity index (χ0n) is 7.64. The Hall–Kier alpha value is -1.18. The summed E-state index contributed by atoms with van der Waals surface area (Å²) in [6.07, 6.45) is 0. The summed E-state index contributed by atoms with van der Waals surface area (Å²) in [7, 11) is -1.01. The predicted octanol–water partition coefficient (Wildman–Crippen LogP) is 0.799. The maximum Gasteiger partial charge on any atom is 0.0991 e. The lowest BCUT2D eigenvalue weighted by Crippen LogP contribution is -2.04. The molecule has 1 atom stereocenters. The molecule has 74 valence electrons. The smallest absolute Gasteiger partial charge is 0.0991 e. The molecular weight excluding hydrogens is 198 g/mol. The number of nitrogens with zero attached hydrogens (tertiary/aromatic N) is 1. The van der Waals surface area contributed by atoms with E-state index in [2.05, 4.69) is 0 Å².